The van der Waals surface area contributed by atoms with E-state index in [1.165, 1.54) is 7.11 Å². The Balaban J connectivity index is 2.51. The third-order valence-corrected chi connectivity index (χ3v) is 2.93. The van der Waals surface area contributed by atoms with Gasteiger partial charge in [0.2, 0.25) is 0 Å². The highest BCUT2D eigenvalue weighted by molar-refractivity contribution is 6.31. The van der Waals surface area contributed by atoms with Gasteiger partial charge in [0.1, 0.15) is 17.3 Å². The predicted octanol–water partition coefficient (Wildman–Crippen LogP) is 3.79. The first-order valence-corrected chi connectivity index (χ1v) is 5.86. The van der Waals surface area contributed by atoms with Gasteiger partial charge in [0.05, 0.1) is 18.2 Å². The van der Waals surface area contributed by atoms with Gasteiger partial charge in [-0.3, -0.25) is 4.79 Å². The average Bonchev–Trinajstić information content (AvgIpc) is 2.67. The second-order valence-electron chi connectivity index (χ2n) is 4.00. The van der Waals surface area contributed by atoms with Crippen LogP contribution in [0.2, 0.25) is 5.02 Å². The molecule has 0 atom stereocenters. The number of benzene rings is 1. The molecule has 4 heteroatoms. The number of rotatable bonds is 3. The standard InChI is InChI=1S/C14H13ClO3/c1-8-6-11(9(2)18-8)14(16)12-7-10(15)4-5-13(12)17-3/h4-7H,1-3H3. The summed E-state index contributed by atoms with van der Waals surface area (Å²) >= 11 is 5.92. The molecule has 0 unspecified atom stereocenters. The maximum Gasteiger partial charge on any atom is 0.200 e. The van der Waals surface area contributed by atoms with Gasteiger partial charge in [-0.1, -0.05) is 11.6 Å². The zero-order valence-electron chi connectivity index (χ0n) is 10.4. The van der Waals surface area contributed by atoms with Gasteiger partial charge in [-0.2, -0.15) is 0 Å². The summed E-state index contributed by atoms with van der Waals surface area (Å²) in [6.45, 7) is 3.57. The second kappa shape index (κ2) is 4.86. The third-order valence-electron chi connectivity index (χ3n) is 2.69. The molecule has 0 radical (unpaired) electrons. The average molecular weight is 265 g/mol. The Morgan fingerprint density at radius 3 is 2.50 bits per heavy atom. The zero-order chi connectivity index (χ0) is 13.3. The van der Waals surface area contributed by atoms with E-state index in [1.807, 2.05) is 0 Å². The fourth-order valence-corrected chi connectivity index (χ4v) is 2.03. The van der Waals surface area contributed by atoms with Crippen molar-refractivity contribution in [2.75, 3.05) is 7.11 Å². The summed E-state index contributed by atoms with van der Waals surface area (Å²) in [5.74, 6) is 1.66. The number of carbonyl (C=O) groups is 1. The lowest BCUT2D eigenvalue weighted by Gasteiger charge is -2.07. The maximum atomic E-state index is 12.4. The van der Waals surface area contributed by atoms with E-state index >= 15 is 0 Å². The molecule has 0 saturated heterocycles. The van der Waals surface area contributed by atoms with Crippen molar-refractivity contribution in [2.45, 2.75) is 13.8 Å². The quantitative estimate of drug-likeness (QED) is 0.792. The molecule has 3 nitrogen and oxygen atoms in total. The van der Waals surface area contributed by atoms with Crippen LogP contribution >= 0.6 is 11.6 Å². The van der Waals surface area contributed by atoms with Crippen molar-refractivity contribution < 1.29 is 13.9 Å². The fraction of sp³-hybridized carbons (Fsp3) is 0.214. The number of furan rings is 1. The Morgan fingerprint density at radius 2 is 1.94 bits per heavy atom. The summed E-state index contributed by atoms with van der Waals surface area (Å²) in [6.07, 6.45) is 0. The first kappa shape index (κ1) is 12.7. The monoisotopic (exact) mass is 264 g/mol. The van der Waals surface area contributed by atoms with Crippen molar-refractivity contribution in [3.05, 3.63) is 51.9 Å². The van der Waals surface area contributed by atoms with Crippen molar-refractivity contribution in [3.63, 3.8) is 0 Å². The van der Waals surface area contributed by atoms with Crippen LogP contribution in [0.15, 0.2) is 28.7 Å². The molecular weight excluding hydrogens is 252 g/mol. The highest BCUT2D eigenvalue weighted by Crippen LogP contribution is 2.27. The molecule has 0 aliphatic carbocycles. The van der Waals surface area contributed by atoms with E-state index in [1.54, 1.807) is 38.1 Å². The normalized spacial score (nSPS) is 10.4. The van der Waals surface area contributed by atoms with Crippen LogP contribution in [0.25, 0.3) is 0 Å². The minimum absolute atomic E-state index is 0.149. The lowest BCUT2D eigenvalue weighted by molar-refractivity contribution is 0.103. The van der Waals surface area contributed by atoms with E-state index in [0.717, 1.165) is 0 Å². The number of hydrogen-bond donors (Lipinski definition) is 0. The molecule has 1 aromatic carbocycles. The topological polar surface area (TPSA) is 39.4 Å². The van der Waals surface area contributed by atoms with Crippen LogP contribution < -0.4 is 4.74 Å². The van der Waals surface area contributed by atoms with Gasteiger partial charge in [0.15, 0.2) is 5.78 Å². The SMILES string of the molecule is COc1ccc(Cl)cc1C(=O)c1cc(C)oc1C. The van der Waals surface area contributed by atoms with Gasteiger partial charge >= 0.3 is 0 Å². The molecule has 18 heavy (non-hydrogen) atoms. The summed E-state index contributed by atoms with van der Waals surface area (Å²) < 4.78 is 10.5. The number of ketones is 1. The molecule has 0 amide bonds. The van der Waals surface area contributed by atoms with Gasteiger partial charge in [-0.25, -0.2) is 0 Å². The summed E-state index contributed by atoms with van der Waals surface area (Å²) in [4.78, 5) is 12.4. The van der Waals surface area contributed by atoms with Crippen molar-refractivity contribution in [1.29, 1.82) is 0 Å². The van der Waals surface area contributed by atoms with Gasteiger partial charge < -0.3 is 9.15 Å². The Hall–Kier alpha value is -1.74. The molecule has 0 saturated carbocycles. The zero-order valence-corrected chi connectivity index (χ0v) is 11.2. The Kier molecular flexibility index (Phi) is 3.43. The summed E-state index contributed by atoms with van der Waals surface area (Å²) in [5.41, 5.74) is 0.974. The predicted molar refractivity (Wildman–Crippen MR) is 69.6 cm³/mol. The van der Waals surface area contributed by atoms with E-state index in [9.17, 15) is 4.79 Å². The summed E-state index contributed by atoms with van der Waals surface area (Å²) in [6, 6.07) is 6.69. The number of methoxy groups -OCH3 is 1. The van der Waals surface area contributed by atoms with Crippen molar-refractivity contribution in [3.8, 4) is 5.75 Å². The Labute approximate surface area is 110 Å². The summed E-state index contributed by atoms with van der Waals surface area (Å²) in [5, 5.41) is 0.497. The molecule has 0 aliphatic heterocycles. The smallest absolute Gasteiger partial charge is 0.200 e. The van der Waals surface area contributed by atoms with Gasteiger partial charge in [-0.15, -0.1) is 0 Å². The van der Waals surface area contributed by atoms with Gasteiger partial charge in [0, 0.05) is 5.02 Å². The largest absolute Gasteiger partial charge is 0.496 e. The van der Waals surface area contributed by atoms with Crippen LogP contribution in [-0.4, -0.2) is 12.9 Å². The van der Waals surface area contributed by atoms with Crippen LogP contribution in [-0.2, 0) is 0 Å². The molecule has 2 rings (SSSR count). The van der Waals surface area contributed by atoms with Crippen LogP contribution in [0, 0.1) is 13.8 Å². The Bertz CT molecular complexity index is 599. The number of carbonyl (C=O) groups excluding carboxylic acids is 1. The molecule has 2 aromatic rings. The third kappa shape index (κ3) is 2.27. The number of aryl methyl sites for hydroxylation is 2. The van der Waals surface area contributed by atoms with Crippen molar-refractivity contribution in [2.24, 2.45) is 0 Å². The molecule has 0 spiro atoms. The lowest BCUT2D eigenvalue weighted by atomic mass is 10.0. The van der Waals surface area contributed by atoms with Crippen molar-refractivity contribution >= 4 is 17.4 Å². The molecule has 1 aromatic heterocycles. The minimum atomic E-state index is -0.149. The molecular formula is C14H13ClO3. The summed E-state index contributed by atoms with van der Waals surface area (Å²) in [7, 11) is 1.52. The molecule has 0 fully saturated rings. The van der Waals surface area contributed by atoms with Crippen LogP contribution in [0.4, 0.5) is 0 Å². The van der Waals surface area contributed by atoms with Crippen LogP contribution in [0.5, 0.6) is 5.75 Å². The Morgan fingerprint density at radius 1 is 1.22 bits per heavy atom. The van der Waals surface area contributed by atoms with E-state index in [4.69, 9.17) is 20.8 Å². The van der Waals surface area contributed by atoms with Gasteiger partial charge in [0.25, 0.3) is 0 Å². The number of ether oxygens (including phenoxy) is 1. The van der Waals surface area contributed by atoms with E-state index in [-0.39, 0.29) is 5.78 Å². The molecule has 0 aliphatic rings. The maximum absolute atomic E-state index is 12.4. The first-order chi connectivity index (χ1) is 8.52. The van der Waals surface area contributed by atoms with Crippen LogP contribution in [0.1, 0.15) is 27.4 Å². The second-order valence-corrected chi connectivity index (χ2v) is 4.44. The van der Waals surface area contributed by atoms with E-state index in [2.05, 4.69) is 0 Å². The number of halogens is 1. The van der Waals surface area contributed by atoms with E-state index in [0.29, 0.717) is 33.4 Å². The van der Waals surface area contributed by atoms with Gasteiger partial charge in [-0.05, 0) is 38.1 Å². The molecule has 0 bridgehead atoms. The first-order valence-electron chi connectivity index (χ1n) is 5.48. The lowest BCUT2D eigenvalue weighted by Crippen LogP contribution is -2.04. The number of hydrogen-bond acceptors (Lipinski definition) is 3. The van der Waals surface area contributed by atoms with Crippen LogP contribution in [0.3, 0.4) is 0 Å². The molecule has 1 heterocycles. The minimum Gasteiger partial charge on any atom is -0.496 e. The molecule has 0 N–H and O–H groups in total. The highest BCUT2D eigenvalue weighted by Gasteiger charge is 2.19. The fourth-order valence-electron chi connectivity index (χ4n) is 1.86. The molecule has 94 valence electrons. The highest BCUT2D eigenvalue weighted by atomic mass is 35.5. The van der Waals surface area contributed by atoms with E-state index < -0.39 is 0 Å². The van der Waals surface area contributed by atoms with Crippen molar-refractivity contribution in [1.82, 2.24) is 0 Å².